The average molecular weight is 287 g/mol. The Morgan fingerprint density at radius 3 is 2.81 bits per heavy atom. The second-order valence-electron chi connectivity index (χ2n) is 5.90. The summed E-state index contributed by atoms with van der Waals surface area (Å²) in [4.78, 5) is 4.45. The van der Waals surface area contributed by atoms with E-state index in [-0.39, 0.29) is 6.10 Å². The summed E-state index contributed by atoms with van der Waals surface area (Å²) in [7, 11) is 0. The second-order valence-corrected chi connectivity index (χ2v) is 5.90. The summed E-state index contributed by atoms with van der Waals surface area (Å²) in [6.07, 6.45) is 3.78. The van der Waals surface area contributed by atoms with Gasteiger partial charge in [0.05, 0.1) is 5.54 Å². The molecule has 1 aliphatic carbocycles. The Hall–Kier alpha value is -1.88. The zero-order valence-electron chi connectivity index (χ0n) is 12.5. The van der Waals surface area contributed by atoms with Crippen molar-refractivity contribution in [3.05, 3.63) is 41.5 Å². The maximum Gasteiger partial charge on any atom is 0.267 e. The number of benzene rings is 1. The molecular formula is C16H21N3O2. The maximum atomic E-state index is 6.34. The van der Waals surface area contributed by atoms with Crippen molar-refractivity contribution in [2.75, 3.05) is 0 Å². The summed E-state index contributed by atoms with van der Waals surface area (Å²) in [5, 5.41) is 4.06. The van der Waals surface area contributed by atoms with E-state index in [4.69, 9.17) is 15.0 Å². The van der Waals surface area contributed by atoms with Crippen LogP contribution in [0.3, 0.4) is 0 Å². The lowest BCUT2D eigenvalue weighted by molar-refractivity contribution is 0.175. The molecule has 5 nitrogen and oxygen atoms in total. The van der Waals surface area contributed by atoms with Gasteiger partial charge in [-0.3, -0.25) is 0 Å². The van der Waals surface area contributed by atoms with Crippen LogP contribution in [0.2, 0.25) is 0 Å². The maximum absolute atomic E-state index is 6.34. The molecule has 5 heteroatoms. The van der Waals surface area contributed by atoms with Crippen molar-refractivity contribution >= 4 is 0 Å². The van der Waals surface area contributed by atoms with E-state index in [0.717, 1.165) is 37.0 Å². The van der Waals surface area contributed by atoms with Crippen LogP contribution in [0.15, 0.2) is 28.8 Å². The molecule has 2 N–H and O–H groups in total. The fourth-order valence-electron chi connectivity index (χ4n) is 2.78. The minimum absolute atomic E-state index is 0.293. The number of nitrogens with two attached hydrogens (primary N) is 1. The van der Waals surface area contributed by atoms with Gasteiger partial charge in [0.2, 0.25) is 0 Å². The molecule has 0 spiro atoms. The van der Waals surface area contributed by atoms with Gasteiger partial charge in [-0.25, -0.2) is 0 Å². The predicted octanol–water partition coefficient (Wildman–Crippen LogP) is 3.25. The third-order valence-corrected chi connectivity index (χ3v) is 4.03. The van der Waals surface area contributed by atoms with E-state index in [9.17, 15) is 0 Å². The first-order valence-corrected chi connectivity index (χ1v) is 7.43. The molecule has 1 fully saturated rings. The van der Waals surface area contributed by atoms with Crippen LogP contribution in [0.4, 0.5) is 0 Å². The molecule has 1 aromatic carbocycles. The first-order valence-electron chi connectivity index (χ1n) is 7.43. The van der Waals surface area contributed by atoms with E-state index in [1.54, 1.807) is 0 Å². The molecule has 112 valence electrons. The predicted molar refractivity (Wildman–Crippen MR) is 78.9 cm³/mol. The number of aromatic nitrogens is 2. The summed E-state index contributed by atoms with van der Waals surface area (Å²) >= 11 is 0. The normalized spacial score (nSPS) is 18.6. The molecule has 1 heterocycles. The molecule has 1 aliphatic rings. The highest BCUT2D eigenvalue weighted by Gasteiger charge is 2.36. The number of aryl methyl sites for hydroxylation is 1. The van der Waals surface area contributed by atoms with Crippen molar-refractivity contribution in [2.24, 2.45) is 5.73 Å². The number of rotatable bonds is 4. The quantitative estimate of drug-likeness (QED) is 0.934. The monoisotopic (exact) mass is 287 g/mol. The van der Waals surface area contributed by atoms with E-state index in [2.05, 4.69) is 10.1 Å². The van der Waals surface area contributed by atoms with E-state index in [0.29, 0.717) is 11.7 Å². The fourth-order valence-corrected chi connectivity index (χ4v) is 2.78. The Bertz CT molecular complexity index is 617. The minimum atomic E-state index is -0.426. The van der Waals surface area contributed by atoms with E-state index in [1.165, 1.54) is 0 Å². The van der Waals surface area contributed by atoms with Gasteiger partial charge in [0.15, 0.2) is 11.9 Å². The molecule has 0 amide bonds. The van der Waals surface area contributed by atoms with Gasteiger partial charge < -0.3 is 15.0 Å². The zero-order valence-corrected chi connectivity index (χ0v) is 12.5. The van der Waals surface area contributed by atoms with Crippen molar-refractivity contribution in [3.63, 3.8) is 0 Å². The van der Waals surface area contributed by atoms with Gasteiger partial charge >= 0.3 is 0 Å². The van der Waals surface area contributed by atoms with Crippen LogP contribution in [0.25, 0.3) is 0 Å². The molecule has 0 saturated heterocycles. The number of ether oxygens (including phenoxy) is 1. The molecule has 0 radical (unpaired) electrons. The van der Waals surface area contributed by atoms with Gasteiger partial charge in [0.25, 0.3) is 5.89 Å². The molecule has 0 aliphatic heterocycles. The average Bonchev–Trinajstić information content (AvgIpc) is 3.08. The smallest absolute Gasteiger partial charge is 0.267 e. The van der Waals surface area contributed by atoms with E-state index in [1.807, 2.05) is 38.1 Å². The lowest BCUT2D eigenvalue weighted by Gasteiger charge is -2.17. The third kappa shape index (κ3) is 2.93. The highest BCUT2D eigenvalue weighted by molar-refractivity contribution is 5.27. The highest BCUT2D eigenvalue weighted by atomic mass is 16.5. The first-order chi connectivity index (χ1) is 10.1. The van der Waals surface area contributed by atoms with Crippen molar-refractivity contribution in [2.45, 2.75) is 51.2 Å². The molecule has 1 saturated carbocycles. The summed E-state index contributed by atoms with van der Waals surface area (Å²) < 4.78 is 11.2. The van der Waals surface area contributed by atoms with Crippen LogP contribution in [-0.2, 0) is 5.54 Å². The molecule has 1 aromatic heterocycles. The van der Waals surface area contributed by atoms with E-state index >= 15 is 0 Å². The van der Waals surface area contributed by atoms with Crippen molar-refractivity contribution < 1.29 is 9.26 Å². The minimum Gasteiger partial charge on any atom is -0.481 e. The topological polar surface area (TPSA) is 74.2 Å². The molecule has 21 heavy (non-hydrogen) atoms. The number of nitrogens with zero attached hydrogens (tertiary/aromatic N) is 2. The molecule has 3 rings (SSSR count). The third-order valence-electron chi connectivity index (χ3n) is 4.03. The van der Waals surface area contributed by atoms with Crippen LogP contribution in [-0.4, -0.2) is 10.1 Å². The van der Waals surface area contributed by atoms with Crippen LogP contribution in [0.1, 0.15) is 56.0 Å². The van der Waals surface area contributed by atoms with Gasteiger partial charge in [-0.05, 0) is 44.4 Å². The Morgan fingerprint density at radius 1 is 1.33 bits per heavy atom. The second kappa shape index (κ2) is 5.48. The van der Waals surface area contributed by atoms with Gasteiger partial charge in [0.1, 0.15) is 5.75 Å². The molecular weight excluding hydrogens is 266 g/mol. The van der Waals surface area contributed by atoms with Crippen LogP contribution < -0.4 is 10.5 Å². The van der Waals surface area contributed by atoms with Crippen molar-refractivity contribution in [1.82, 2.24) is 10.1 Å². The Labute approximate surface area is 124 Å². The Kier molecular flexibility index (Phi) is 3.68. The van der Waals surface area contributed by atoms with Crippen LogP contribution in [0, 0.1) is 6.92 Å². The summed E-state index contributed by atoms with van der Waals surface area (Å²) in [6.45, 7) is 3.93. The van der Waals surface area contributed by atoms with Gasteiger partial charge in [-0.1, -0.05) is 30.1 Å². The van der Waals surface area contributed by atoms with Gasteiger partial charge in [-0.2, -0.15) is 4.98 Å². The first kappa shape index (κ1) is 14.1. The highest BCUT2D eigenvalue weighted by Crippen LogP contribution is 2.35. The van der Waals surface area contributed by atoms with E-state index < -0.39 is 5.54 Å². The van der Waals surface area contributed by atoms with Crippen LogP contribution in [0.5, 0.6) is 5.75 Å². The molecule has 0 bridgehead atoms. The standard InChI is InChI=1S/C16H21N3O2/c1-11-6-5-7-13(10-11)20-12(2)14-18-15(19-21-14)16(17)8-3-4-9-16/h5-7,10,12H,3-4,8-9,17H2,1-2H3. The van der Waals surface area contributed by atoms with Gasteiger partial charge in [-0.15, -0.1) is 0 Å². The van der Waals surface area contributed by atoms with Crippen molar-refractivity contribution in [1.29, 1.82) is 0 Å². The molecule has 2 aromatic rings. The summed E-state index contributed by atoms with van der Waals surface area (Å²) in [5.41, 5.74) is 7.07. The fraction of sp³-hybridized carbons (Fsp3) is 0.500. The Morgan fingerprint density at radius 2 is 2.10 bits per heavy atom. The Balaban J connectivity index is 1.73. The summed E-state index contributed by atoms with van der Waals surface area (Å²) in [5.74, 6) is 1.88. The largest absolute Gasteiger partial charge is 0.481 e. The number of hydrogen-bond donors (Lipinski definition) is 1. The lowest BCUT2D eigenvalue weighted by Crippen LogP contribution is -2.34. The molecule has 1 unspecified atom stereocenters. The summed E-state index contributed by atoms with van der Waals surface area (Å²) in [6, 6.07) is 7.89. The number of hydrogen-bond acceptors (Lipinski definition) is 5. The van der Waals surface area contributed by atoms with Crippen molar-refractivity contribution in [3.8, 4) is 5.75 Å². The zero-order chi connectivity index (χ0) is 14.9. The van der Waals surface area contributed by atoms with Gasteiger partial charge in [0, 0.05) is 0 Å². The SMILES string of the molecule is Cc1cccc(OC(C)c2nc(C3(N)CCCC3)no2)c1. The lowest BCUT2D eigenvalue weighted by atomic mass is 9.99. The molecule has 1 atom stereocenters. The van der Waals surface area contributed by atoms with Crippen LogP contribution >= 0.6 is 0 Å².